The maximum Gasteiger partial charge on any atom is 0.322 e. The Labute approximate surface area is 98.8 Å². The van der Waals surface area contributed by atoms with Gasteiger partial charge in [-0.2, -0.15) is 5.26 Å². The SMILES string of the molecule is N#C[C@@H]1CN(C(=O)Nc2cccnc2)CCO1. The molecule has 1 N–H and O–H groups in total. The summed E-state index contributed by atoms with van der Waals surface area (Å²) in [6.07, 6.45) is 2.67. The van der Waals surface area contributed by atoms with Gasteiger partial charge in [0.2, 0.25) is 0 Å². The zero-order valence-electron chi connectivity index (χ0n) is 9.17. The van der Waals surface area contributed by atoms with Gasteiger partial charge in [0, 0.05) is 12.7 Å². The number of urea groups is 1. The van der Waals surface area contributed by atoms with Crippen molar-refractivity contribution in [2.75, 3.05) is 25.0 Å². The normalized spacial score (nSPS) is 19.5. The molecule has 0 radical (unpaired) electrons. The number of hydrogen-bond donors (Lipinski definition) is 1. The zero-order chi connectivity index (χ0) is 12.1. The largest absolute Gasteiger partial charge is 0.360 e. The van der Waals surface area contributed by atoms with E-state index in [0.717, 1.165) is 0 Å². The second-order valence-electron chi connectivity index (χ2n) is 3.61. The molecule has 0 unspecified atom stereocenters. The first-order valence-electron chi connectivity index (χ1n) is 5.27. The van der Waals surface area contributed by atoms with Gasteiger partial charge in [0.05, 0.1) is 31.1 Å². The molecule has 0 aromatic carbocycles. The van der Waals surface area contributed by atoms with Crippen LogP contribution in [0, 0.1) is 11.3 Å². The molecular weight excluding hydrogens is 220 g/mol. The van der Waals surface area contributed by atoms with Crippen molar-refractivity contribution >= 4 is 11.7 Å². The molecule has 17 heavy (non-hydrogen) atoms. The molecule has 6 heteroatoms. The average Bonchev–Trinajstić information content (AvgIpc) is 2.40. The molecule has 1 aliphatic rings. The molecule has 0 bridgehead atoms. The van der Waals surface area contributed by atoms with Crippen molar-refractivity contribution in [3.63, 3.8) is 0 Å². The minimum atomic E-state index is -0.539. The van der Waals surface area contributed by atoms with Crippen LogP contribution in [0.25, 0.3) is 0 Å². The molecule has 1 aromatic heterocycles. The lowest BCUT2D eigenvalue weighted by Crippen LogP contribution is -2.46. The van der Waals surface area contributed by atoms with E-state index in [1.54, 1.807) is 29.4 Å². The molecule has 0 spiro atoms. The number of nitrogens with one attached hydrogen (secondary N) is 1. The van der Waals surface area contributed by atoms with Crippen LogP contribution in [0.1, 0.15) is 0 Å². The molecule has 0 aliphatic carbocycles. The number of nitriles is 1. The summed E-state index contributed by atoms with van der Waals surface area (Å²) in [5, 5.41) is 11.5. The van der Waals surface area contributed by atoms with Crippen molar-refractivity contribution in [2.24, 2.45) is 0 Å². The third-order valence-corrected chi connectivity index (χ3v) is 2.41. The summed E-state index contributed by atoms with van der Waals surface area (Å²) in [7, 11) is 0. The van der Waals surface area contributed by atoms with Crippen molar-refractivity contribution < 1.29 is 9.53 Å². The van der Waals surface area contributed by atoms with Gasteiger partial charge < -0.3 is 15.0 Å². The lowest BCUT2D eigenvalue weighted by molar-refractivity contribution is 0.0181. The van der Waals surface area contributed by atoms with Crippen molar-refractivity contribution in [1.29, 1.82) is 5.26 Å². The van der Waals surface area contributed by atoms with Crippen LogP contribution in [0.3, 0.4) is 0 Å². The first-order valence-corrected chi connectivity index (χ1v) is 5.27. The van der Waals surface area contributed by atoms with Crippen LogP contribution < -0.4 is 5.32 Å². The topological polar surface area (TPSA) is 78.3 Å². The number of carbonyl (C=O) groups is 1. The van der Waals surface area contributed by atoms with E-state index in [2.05, 4.69) is 10.3 Å². The van der Waals surface area contributed by atoms with Gasteiger partial charge in [-0.05, 0) is 12.1 Å². The molecule has 0 saturated carbocycles. The first-order chi connectivity index (χ1) is 8.29. The smallest absolute Gasteiger partial charge is 0.322 e. The number of rotatable bonds is 1. The predicted octanol–water partition coefficient (Wildman–Crippen LogP) is 0.838. The lowest BCUT2D eigenvalue weighted by Gasteiger charge is -2.29. The van der Waals surface area contributed by atoms with Gasteiger partial charge in [-0.1, -0.05) is 0 Å². The molecule has 6 nitrogen and oxygen atoms in total. The molecule has 1 aromatic rings. The van der Waals surface area contributed by atoms with E-state index in [1.807, 2.05) is 6.07 Å². The van der Waals surface area contributed by atoms with Crippen molar-refractivity contribution in [1.82, 2.24) is 9.88 Å². The summed E-state index contributed by atoms with van der Waals surface area (Å²) >= 11 is 0. The number of morpholine rings is 1. The van der Waals surface area contributed by atoms with E-state index in [1.165, 1.54) is 0 Å². The fraction of sp³-hybridized carbons (Fsp3) is 0.364. The number of carbonyl (C=O) groups excluding carboxylic acids is 1. The Kier molecular flexibility index (Phi) is 3.52. The summed E-state index contributed by atoms with van der Waals surface area (Å²) in [6.45, 7) is 1.17. The van der Waals surface area contributed by atoms with Gasteiger partial charge in [-0.15, -0.1) is 0 Å². The summed E-state index contributed by atoms with van der Waals surface area (Å²) in [4.78, 5) is 17.3. The molecule has 2 heterocycles. The van der Waals surface area contributed by atoms with Gasteiger partial charge in [0.1, 0.15) is 0 Å². The van der Waals surface area contributed by atoms with Crippen LogP contribution in [0.5, 0.6) is 0 Å². The van der Waals surface area contributed by atoms with E-state index < -0.39 is 6.10 Å². The Balaban J connectivity index is 1.94. The quantitative estimate of drug-likeness (QED) is 0.778. The van der Waals surface area contributed by atoms with Crippen LogP contribution in [0.15, 0.2) is 24.5 Å². The van der Waals surface area contributed by atoms with Gasteiger partial charge in [0.25, 0.3) is 0 Å². The minimum Gasteiger partial charge on any atom is -0.360 e. The second-order valence-corrected chi connectivity index (χ2v) is 3.61. The van der Waals surface area contributed by atoms with Crippen LogP contribution in [0.2, 0.25) is 0 Å². The summed E-state index contributed by atoms with van der Waals surface area (Å²) < 4.78 is 5.16. The maximum absolute atomic E-state index is 11.9. The maximum atomic E-state index is 11.9. The first kappa shape index (κ1) is 11.4. The molecule has 2 rings (SSSR count). The molecule has 1 saturated heterocycles. The van der Waals surface area contributed by atoms with E-state index >= 15 is 0 Å². The number of pyridine rings is 1. The lowest BCUT2D eigenvalue weighted by atomic mass is 10.3. The van der Waals surface area contributed by atoms with E-state index in [4.69, 9.17) is 10.00 Å². The number of nitrogens with zero attached hydrogens (tertiary/aromatic N) is 3. The Morgan fingerprint density at radius 1 is 1.71 bits per heavy atom. The highest BCUT2D eigenvalue weighted by Gasteiger charge is 2.23. The minimum absolute atomic E-state index is 0.235. The fourth-order valence-corrected chi connectivity index (χ4v) is 1.55. The standard InChI is InChI=1S/C11H12N4O2/c12-6-10-8-15(4-5-17-10)11(16)14-9-2-1-3-13-7-9/h1-3,7,10H,4-5,8H2,(H,14,16)/t10-/m1/s1. The molecular formula is C11H12N4O2. The Morgan fingerprint density at radius 2 is 2.59 bits per heavy atom. The Morgan fingerprint density at radius 3 is 3.29 bits per heavy atom. The molecule has 2 amide bonds. The number of amides is 2. The third kappa shape index (κ3) is 2.92. The molecule has 1 atom stereocenters. The third-order valence-electron chi connectivity index (χ3n) is 2.41. The monoisotopic (exact) mass is 232 g/mol. The highest BCUT2D eigenvalue weighted by atomic mass is 16.5. The molecule has 1 aliphatic heterocycles. The van der Waals surface area contributed by atoms with E-state index in [0.29, 0.717) is 25.4 Å². The number of ether oxygens (including phenoxy) is 1. The Hall–Kier alpha value is -2.13. The number of hydrogen-bond acceptors (Lipinski definition) is 4. The molecule has 1 fully saturated rings. The number of aromatic nitrogens is 1. The zero-order valence-corrected chi connectivity index (χ0v) is 9.17. The van der Waals surface area contributed by atoms with Gasteiger partial charge in [0.15, 0.2) is 6.10 Å². The van der Waals surface area contributed by atoms with E-state index in [-0.39, 0.29) is 6.03 Å². The Bertz CT molecular complexity index is 429. The predicted molar refractivity (Wildman–Crippen MR) is 60.2 cm³/mol. The highest BCUT2D eigenvalue weighted by Crippen LogP contribution is 2.08. The van der Waals surface area contributed by atoms with Crippen LogP contribution >= 0.6 is 0 Å². The van der Waals surface area contributed by atoms with Gasteiger partial charge >= 0.3 is 6.03 Å². The van der Waals surface area contributed by atoms with Crippen molar-refractivity contribution in [3.8, 4) is 6.07 Å². The van der Waals surface area contributed by atoms with Gasteiger partial charge in [-0.25, -0.2) is 4.79 Å². The summed E-state index contributed by atoms with van der Waals surface area (Å²) in [5.74, 6) is 0. The van der Waals surface area contributed by atoms with Gasteiger partial charge in [-0.3, -0.25) is 4.98 Å². The average molecular weight is 232 g/mol. The summed E-state index contributed by atoms with van der Waals surface area (Å²) in [5.41, 5.74) is 0.637. The van der Waals surface area contributed by atoms with Crippen LogP contribution in [0.4, 0.5) is 10.5 Å². The van der Waals surface area contributed by atoms with Crippen LogP contribution in [-0.2, 0) is 4.74 Å². The van der Waals surface area contributed by atoms with Crippen molar-refractivity contribution in [3.05, 3.63) is 24.5 Å². The van der Waals surface area contributed by atoms with Crippen molar-refractivity contribution in [2.45, 2.75) is 6.10 Å². The van der Waals surface area contributed by atoms with Crippen LogP contribution in [-0.4, -0.2) is 41.7 Å². The number of anilines is 1. The highest BCUT2D eigenvalue weighted by molar-refractivity contribution is 5.89. The van der Waals surface area contributed by atoms with E-state index in [9.17, 15) is 4.79 Å². The fourth-order valence-electron chi connectivity index (χ4n) is 1.55. The summed E-state index contributed by atoms with van der Waals surface area (Å²) in [6, 6.07) is 5.26. The second kappa shape index (κ2) is 5.27. The molecule has 88 valence electrons.